The minimum atomic E-state index is -5.90. The van der Waals surface area contributed by atoms with Crippen LogP contribution >= 0.6 is 0 Å². The lowest BCUT2D eigenvalue weighted by atomic mass is 9.95. The highest BCUT2D eigenvalue weighted by Crippen LogP contribution is 2.43. The minimum absolute atomic E-state index is 0.452. The van der Waals surface area contributed by atoms with Gasteiger partial charge in [0.2, 0.25) is 23.1 Å². The van der Waals surface area contributed by atoms with Crippen molar-refractivity contribution in [3.8, 4) is 12.1 Å². The zero-order chi connectivity index (χ0) is 56.7. The maximum absolute atomic E-state index is 13.9. The number of nitriles is 2. The predicted octanol–water partition coefficient (Wildman–Crippen LogP) is 14.8. The molecule has 0 saturated carbocycles. The number of carbonyl (C=O) groups excluding carboxylic acids is 3. The van der Waals surface area contributed by atoms with E-state index in [1.165, 1.54) is 0 Å². The Morgan fingerprint density at radius 1 is 0.297 bits per heavy atom. The molecule has 0 heterocycles. The quantitative estimate of drug-likeness (QED) is 0.0289. The van der Waals surface area contributed by atoms with Crippen LogP contribution in [0, 0.1) is 22.7 Å². The van der Waals surface area contributed by atoms with Crippen molar-refractivity contribution in [3.63, 3.8) is 0 Å². The lowest BCUT2D eigenvalue weighted by Gasteiger charge is -2.17. The minimum Gasteiger partial charge on any atom is -0.288 e. The van der Waals surface area contributed by atoms with E-state index in [1.54, 1.807) is 0 Å². The number of carbonyl (C=O) groups is 3. The largest absolute Gasteiger partial charge is 0.591 e. The highest BCUT2D eigenvalue weighted by molar-refractivity contribution is 6.16. The number of hydrogen-bond acceptors (Lipinski definition) is 9. The average Bonchev–Trinajstić information content (AvgIpc) is 3.25. The summed E-state index contributed by atoms with van der Waals surface area (Å²) < 4.78 is 330. The van der Waals surface area contributed by atoms with Gasteiger partial charge in [-0.25, -0.2) is 9.78 Å². The number of benzene rings is 4. The molecule has 0 fully saturated rings. The topological polar surface area (TPSA) is 136 Å². The van der Waals surface area contributed by atoms with Gasteiger partial charge in [0.1, 0.15) is 23.3 Å². The molecule has 4 aromatic rings. The standard InChI is InChI=1S/C41H12F24N2O7/c42-34(43,44)19-1-15(2-20(9-19)35(45,46)47)29(68)27(13-66)31(17-5-23(38(54,55)56)11-24(6-17)39(57,58)59)71-73-33(70)74-72-32(18-7-25(40(60,61)62)12-26(8-18)41(63,64)65)28(14-67)30(69)16-3-21(36(48,49)50)10-22(4-16)37(51,52)53/h1-12H/b31-27-,32-28-. The maximum atomic E-state index is 13.9. The zero-order valence-corrected chi connectivity index (χ0v) is 34.3. The van der Waals surface area contributed by atoms with E-state index in [9.17, 15) is 130 Å². The zero-order valence-electron chi connectivity index (χ0n) is 34.3. The molecule has 0 aliphatic rings. The van der Waals surface area contributed by atoms with Gasteiger partial charge in [0.15, 0.2) is 0 Å². The van der Waals surface area contributed by atoms with E-state index in [-0.39, 0.29) is 0 Å². The van der Waals surface area contributed by atoms with Gasteiger partial charge >= 0.3 is 55.6 Å². The van der Waals surface area contributed by atoms with E-state index in [1.807, 2.05) is 0 Å². The Hall–Kier alpha value is -8.13. The predicted molar refractivity (Wildman–Crippen MR) is 189 cm³/mol. The third-order valence-corrected chi connectivity index (χ3v) is 8.92. The van der Waals surface area contributed by atoms with Crippen molar-refractivity contribution < 1.29 is 139 Å². The number of ketones is 2. The molecule has 9 nitrogen and oxygen atoms in total. The van der Waals surface area contributed by atoms with E-state index in [2.05, 4.69) is 19.6 Å². The summed E-state index contributed by atoms with van der Waals surface area (Å²) in [6.07, 6.45) is -49.8. The van der Waals surface area contributed by atoms with Crippen LogP contribution < -0.4 is 0 Å². The van der Waals surface area contributed by atoms with Gasteiger partial charge in [0.05, 0.1) is 44.5 Å². The molecule has 4 rings (SSSR count). The van der Waals surface area contributed by atoms with Crippen LogP contribution in [0.15, 0.2) is 83.9 Å². The Morgan fingerprint density at radius 2 is 0.473 bits per heavy atom. The highest BCUT2D eigenvalue weighted by atomic mass is 19.4. The Labute approximate surface area is 391 Å². The summed E-state index contributed by atoms with van der Waals surface area (Å²) in [5, 5.41) is 19.7. The monoisotopic (exact) mass is 1100 g/mol. The average molecular weight is 1100 g/mol. The van der Waals surface area contributed by atoms with Gasteiger partial charge in [-0.3, -0.25) is 19.4 Å². The van der Waals surface area contributed by atoms with Crippen LogP contribution in [-0.4, -0.2) is 17.7 Å². The lowest BCUT2D eigenvalue weighted by Crippen LogP contribution is -2.17. The summed E-state index contributed by atoms with van der Waals surface area (Å²) >= 11 is 0. The highest BCUT2D eigenvalue weighted by Gasteiger charge is 2.43. The first-order chi connectivity index (χ1) is 33.4. The van der Waals surface area contributed by atoms with Crippen LogP contribution in [0.3, 0.4) is 0 Å². The molecule has 0 N–H and O–H groups in total. The molecule has 0 aromatic heterocycles. The summed E-state index contributed by atoms with van der Waals surface area (Å²) in [5.74, 6) is -9.71. The molecule has 0 amide bonds. The molecule has 0 radical (unpaired) electrons. The second kappa shape index (κ2) is 20.1. The third-order valence-electron chi connectivity index (χ3n) is 8.92. The van der Waals surface area contributed by atoms with Crippen LogP contribution in [0.4, 0.5) is 110 Å². The fraction of sp³-hybridized carbons (Fsp3) is 0.195. The fourth-order valence-electron chi connectivity index (χ4n) is 5.68. The number of rotatable bonds is 10. The molecule has 0 spiro atoms. The summed E-state index contributed by atoms with van der Waals surface area (Å²) in [6.45, 7) is 0. The molecule has 33 heteroatoms. The van der Waals surface area contributed by atoms with E-state index in [0.29, 0.717) is 12.1 Å². The normalized spacial score (nSPS) is 13.7. The third kappa shape index (κ3) is 14.1. The summed E-state index contributed by atoms with van der Waals surface area (Å²) in [5.41, 5.74) is -31.3. The van der Waals surface area contributed by atoms with Gasteiger partial charge in [0, 0.05) is 22.3 Å². The van der Waals surface area contributed by atoms with Gasteiger partial charge in [0.25, 0.3) is 0 Å². The van der Waals surface area contributed by atoms with Gasteiger partial charge in [-0.15, -0.1) is 0 Å². The summed E-state index contributed by atoms with van der Waals surface area (Å²) in [7, 11) is 0. The fourth-order valence-corrected chi connectivity index (χ4v) is 5.68. The molecule has 0 unspecified atom stereocenters. The van der Waals surface area contributed by atoms with Crippen molar-refractivity contribution in [3.05, 3.63) is 151 Å². The molecule has 0 saturated heterocycles. The number of nitrogens with zero attached hydrogens (tertiary/aromatic N) is 2. The van der Waals surface area contributed by atoms with Crippen molar-refractivity contribution in [2.45, 2.75) is 49.4 Å². The number of allylic oxidation sites excluding steroid dienone is 2. The molecule has 0 aliphatic heterocycles. The first-order valence-electron chi connectivity index (χ1n) is 18.2. The number of halogens is 24. The van der Waals surface area contributed by atoms with Crippen LogP contribution in [-0.2, 0) is 69.0 Å². The Kier molecular flexibility index (Phi) is 15.8. The van der Waals surface area contributed by atoms with Crippen LogP contribution in [0.5, 0.6) is 0 Å². The molecule has 74 heavy (non-hydrogen) atoms. The van der Waals surface area contributed by atoms with E-state index in [4.69, 9.17) is 0 Å². The van der Waals surface area contributed by atoms with Crippen LogP contribution in [0.25, 0.3) is 11.5 Å². The molecule has 0 aliphatic carbocycles. The smallest absolute Gasteiger partial charge is 0.288 e. The van der Waals surface area contributed by atoms with Gasteiger partial charge in [-0.1, -0.05) is 0 Å². The van der Waals surface area contributed by atoms with E-state index >= 15 is 0 Å². The van der Waals surface area contributed by atoms with Crippen molar-refractivity contribution in [1.29, 1.82) is 10.5 Å². The SMILES string of the molecule is N#C/C(C(=O)c1cc(C(F)(F)F)cc(C(F)(F)F)c1)=C(/OOC(=O)OO/C(=C(/C#N)C(=O)c1cc(C(F)(F)F)cc(C(F)(F)F)c1)c1cc(C(F)(F)F)cc(C(F)(F)F)c1)c1cc(C(F)(F)F)cc(C(F)(F)F)c1. The summed E-state index contributed by atoms with van der Waals surface area (Å²) in [4.78, 5) is 56.0. The Balaban J connectivity index is 2.00. The van der Waals surface area contributed by atoms with Gasteiger partial charge in [-0.05, 0) is 72.8 Å². The van der Waals surface area contributed by atoms with Crippen molar-refractivity contribution in [1.82, 2.24) is 0 Å². The number of hydrogen-bond donors (Lipinski definition) is 0. The van der Waals surface area contributed by atoms with E-state index in [0.717, 1.165) is 0 Å². The Morgan fingerprint density at radius 3 is 0.635 bits per heavy atom. The molecule has 396 valence electrons. The second-order valence-electron chi connectivity index (χ2n) is 14.1. The van der Waals surface area contributed by atoms with E-state index < -0.39 is 229 Å². The van der Waals surface area contributed by atoms with Crippen molar-refractivity contribution in [2.75, 3.05) is 0 Å². The van der Waals surface area contributed by atoms with Crippen molar-refractivity contribution >= 4 is 29.2 Å². The Bertz CT molecular complexity index is 2700. The van der Waals surface area contributed by atoms with Crippen LogP contribution in [0.1, 0.15) is 76.4 Å². The number of alkyl halides is 24. The van der Waals surface area contributed by atoms with Gasteiger partial charge < -0.3 is 0 Å². The summed E-state index contributed by atoms with van der Waals surface area (Å²) in [6, 6.07) is -5.10. The van der Waals surface area contributed by atoms with Crippen molar-refractivity contribution in [2.24, 2.45) is 0 Å². The second-order valence-corrected chi connectivity index (χ2v) is 14.1. The molecule has 4 aromatic carbocycles. The first-order valence-corrected chi connectivity index (χ1v) is 18.2. The molecule has 0 bridgehead atoms. The van der Waals surface area contributed by atoms with Crippen LogP contribution in [0.2, 0.25) is 0 Å². The lowest BCUT2D eigenvalue weighted by molar-refractivity contribution is -0.263. The number of Topliss-reactive ketones (excluding diaryl/α,β-unsaturated/α-hetero) is 2. The first kappa shape index (κ1) is 58.4. The molecule has 0 atom stereocenters. The molecular weight excluding hydrogens is 1090 g/mol. The maximum Gasteiger partial charge on any atom is 0.591 e. The molecular formula is C41H12F24N2O7. The van der Waals surface area contributed by atoms with Gasteiger partial charge in [-0.2, -0.15) is 121 Å².